The van der Waals surface area contributed by atoms with Crippen LogP contribution in [-0.4, -0.2) is 6.36 Å². The van der Waals surface area contributed by atoms with Gasteiger partial charge < -0.3 is 9.47 Å². The molecule has 0 aliphatic heterocycles. The number of ether oxygens (including phenoxy) is 2. The Balaban J connectivity index is 2.07. The third-order valence-corrected chi connectivity index (χ3v) is 2.63. The minimum absolute atomic E-state index is 0.247. The molecule has 106 valence electrons. The van der Waals surface area contributed by atoms with Crippen LogP contribution in [0.25, 0.3) is 0 Å². The summed E-state index contributed by atoms with van der Waals surface area (Å²) in [6.07, 6.45) is -4.71. The van der Waals surface area contributed by atoms with Crippen molar-refractivity contribution in [1.82, 2.24) is 0 Å². The molecule has 2 rings (SSSR count). The predicted octanol–water partition coefficient (Wildman–Crippen LogP) is 4.47. The quantitative estimate of drug-likeness (QED) is 0.823. The number of hydrogen-bond acceptors (Lipinski definition) is 2. The number of aryl methyl sites for hydroxylation is 1. The lowest BCUT2D eigenvalue weighted by molar-refractivity contribution is -0.274. The summed E-state index contributed by atoms with van der Waals surface area (Å²) in [4.78, 5) is 0. The van der Waals surface area contributed by atoms with E-state index in [9.17, 15) is 13.2 Å². The second-order valence-electron chi connectivity index (χ2n) is 4.25. The summed E-state index contributed by atoms with van der Waals surface area (Å²) in [6.45, 7) is 1.83. The molecule has 0 fully saturated rings. The van der Waals surface area contributed by atoms with Crippen molar-refractivity contribution in [1.29, 1.82) is 0 Å². The molecule has 0 unspecified atom stereocenters. The van der Waals surface area contributed by atoms with Crippen molar-refractivity contribution in [2.24, 2.45) is 0 Å². The highest BCUT2D eigenvalue weighted by molar-refractivity contribution is 5.40. The maximum Gasteiger partial charge on any atom is 0.573 e. The summed E-state index contributed by atoms with van der Waals surface area (Å²) >= 11 is 0. The Kier molecular flexibility index (Phi) is 4.17. The van der Waals surface area contributed by atoms with Gasteiger partial charge in [0.1, 0.15) is 18.1 Å². The van der Waals surface area contributed by atoms with Gasteiger partial charge in [-0.25, -0.2) is 0 Å². The first kappa shape index (κ1) is 14.2. The van der Waals surface area contributed by atoms with Gasteiger partial charge in [-0.15, -0.1) is 13.2 Å². The largest absolute Gasteiger partial charge is 0.573 e. The third kappa shape index (κ3) is 4.19. The molecule has 2 aromatic rings. The molecule has 0 heterocycles. The van der Waals surface area contributed by atoms with E-state index in [0.29, 0.717) is 11.3 Å². The molecule has 0 spiro atoms. The monoisotopic (exact) mass is 282 g/mol. The Morgan fingerprint density at radius 3 is 2.35 bits per heavy atom. The van der Waals surface area contributed by atoms with Crippen molar-refractivity contribution < 1.29 is 22.6 Å². The van der Waals surface area contributed by atoms with E-state index in [2.05, 4.69) is 4.74 Å². The van der Waals surface area contributed by atoms with Gasteiger partial charge in [-0.3, -0.25) is 0 Å². The number of rotatable bonds is 4. The van der Waals surface area contributed by atoms with Gasteiger partial charge in [-0.2, -0.15) is 0 Å². The van der Waals surface area contributed by atoms with Crippen LogP contribution in [0.4, 0.5) is 13.2 Å². The Hall–Kier alpha value is -2.17. The average molecular weight is 282 g/mol. The van der Waals surface area contributed by atoms with Crippen LogP contribution in [0.5, 0.6) is 11.5 Å². The molecule has 0 amide bonds. The highest BCUT2D eigenvalue weighted by Gasteiger charge is 2.31. The molecular weight excluding hydrogens is 269 g/mol. The van der Waals surface area contributed by atoms with Crippen molar-refractivity contribution in [2.75, 3.05) is 0 Å². The first-order valence-electron chi connectivity index (χ1n) is 5.97. The fourth-order valence-electron chi connectivity index (χ4n) is 1.65. The molecule has 0 aliphatic rings. The number of hydrogen-bond donors (Lipinski definition) is 0. The van der Waals surface area contributed by atoms with E-state index in [1.54, 1.807) is 13.0 Å². The molecule has 2 aromatic carbocycles. The van der Waals surface area contributed by atoms with E-state index in [1.807, 2.05) is 30.3 Å². The Morgan fingerprint density at radius 2 is 1.70 bits per heavy atom. The van der Waals surface area contributed by atoms with Gasteiger partial charge in [0, 0.05) is 6.07 Å². The van der Waals surface area contributed by atoms with E-state index in [1.165, 1.54) is 12.1 Å². The highest BCUT2D eigenvalue weighted by Crippen LogP contribution is 2.29. The van der Waals surface area contributed by atoms with Gasteiger partial charge in [0.25, 0.3) is 0 Å². The van der Waals surface area contributed by atoms with Gasteiger partial charge in [0.2, 0.25) is 0 Å². The van der Waals surface area contributed by atoms with Gasteiger partial charge in [0.05, 0.1) is 0 Å². The van der Waals surface area contributed by atoms with Gasteiger partial charge in [0.15, 0.2) is 0 Å². The molecule has 0 aliphatic carbocycles. The first-order valence-corrected chi connectivity index (χ1v) is 5.97. The fraction of sp³-hybridized carbons (Fsp3) is 0.200. The molecule has 2 nitrogen and oxygen atoms in total. The Labute approximate surface area is 114 Å². The summed E-state index contributed by atoms with van der Waals surface area (Å²) in [5, 5.41) is 0. The first-order chi connectivity index (χ1) is 9.44. The van der Waals surface area contributed by atoms with Crippen molar-refractivity contribution >= 4 is 0 Å². The van der Waals surface area contributed by atoms with Crippen molar-refractivity contribution in [3.8, 4) is 11.5 Å². The molecule has 20 heavy (non-hydrogen) atoms. The second kappa shape index (κ2) is 5.86. The van der Waals surface area contributed by atoms with Crippen molar-refractivity contribution in [3.05, 3.63) is 59.7 Å². The van der Waals surface area contributed by atoms with Crippen LogP contribution in [0, 0.1) is 6.92 Å². The summed E-state index contributed by atoms with van der Waals surface area (Å²) in [5.74, 6) is 0.0850. The molecule has 0 saturated carbocycles. The fourth-order valence-corrected chi connectivity index (χ4v) is 1.65. The van der Waals surface area contributed by atoms with Crippen LogP contribution in [0.1, 0.15) is 11.1 Å². The highest BCUT2D eigenvalue weighted by atomic mass is 19.4. The zero-order valence-corrected chi connectivity index (χ0v) is 10.8. The molecule has 0 radical (unpaired) electrons. The number of alkyl halides is 3. The Bertz CT molecular complexity index is 565. The summed E-state index contributed by atoms with van der Waals surface area (Å²) in [6, 6.07) is 13.8. The molecule has 0 bridgehead atoms. The summed E-state index contributed by atoms with van der Waals surface area (Å²) in [5.41, 5.74) is 1.33. The minimum atomic E-state index is -4.71. The summed E-state index contributed by atoms with van der Waals surface area (Å²) in [7, 11) is 0. The molecule has 5 heteroatoms. The van der Waals surface area contributed by atoms with E-state index < -0.39 is 6.36 Å². The van der Waals surface area contributed by atoms with E-state index in [0.717, 1.165) is 5.56 Å². The van der Waals surface area contributed by atoms with Crippen molar-refractivity contribution in [2.45, 2.75) is 19.9 Å². The zero-order chi connectivity index (χ0) is 14.6. The minimum Gasteiger partial charge on any atom is -0.489 e. The molecular formula is C15H13F3O2. The zero-order valence-electron chi connectivity index (χ0n) is 10.8. The van der Waals surface area contributed by atoms with Crippen LogP contribution >= 0.6 is 0 Å². The molecule has 0 aromatic heterocycles. The molecule has 0 N–H and O–H groups in total. The summed E-state index contributed by atoms with van der Waals surface area (Å²) < 4.78 is 46.1. The van der Waals surface area contributed by atoms with E-state index in [4.69, 9.17) is 4.74 Å². The van der Waals surface area contributed by atoms with Crippen LogP contribution in [0.2, 0.25) is 0 Å². The lowest BCUT2D eigenvalue weighted by atomic mass is 10.2. The topological polar surface area (TPSA) is 18.5 Å². The molecule has 0 atom stereocenters. The van der Waals surface area contributed by atoms with Crippen LogP contribution < -0.4 is 9.47 Å². The van der Waals surface area contributed by atoms with Gasteiger partial charge in [-0.05, 0) is 24.1 Å². The van der Waals surface area contributed by atoms with Crippen LogP contribution in [0.15, 0.2) is 48.5 Å². The lowest BCUT2D eigenvalue weighted by Crippen LogP contribution is -2.17. The van der Waals surface area contributed by atoms with E-state index in [-0.39, 0.29) is 12.4 Å². The average Bonchev–Trinajstić information content (AvgIpc) is 2.39. The third-order valence-electron chi connectivity index (χ3n) is 2.63. The lowest BCUT2D eigenvalue weighted by Gasteiger charge is -2.13. The van der Waals surface area contributed by atoms with Crippen LogP contribution in [0.3, 0.4) is 0 Å². The Morgan fingerprint density at radius 1 is 1.00 bits per heavy atom. The second-order valence-corrected chi connectivity index (χ2v) is 4.25. The SMILES string of the molecule is Cc1ccc(OCc2ccccc2)cc1OC(F)(F)F. The van der Waals surface area contributed by atoms with Crippen LogP contribution in [-0.2, 0) is 6.61 Å². The van der Waals surface area contributed by atoms with Gasteiger partial charge in [-0.1, -0.05) is 36.4 Å². The normalized spacial score (nSPS) is 11.2. The van der Waals surface area contributed by atoms with E-state index >= 15 is 0 Å². The standard InChI is InChI=1S/C15H13F3O2/c1-11-7-8-13(9-14(11)20-15(16,17)18)19-10-12-5-3-2-4-6-12/h2-9H,10H2,1H3. The maximum atomic E-state index is 12.2. The van der Waals surface area contributed by atoms with Gasteiger partial charge >= 0.3 is 6.36 Å². The number of halogens is 3. The van der Waals surface area contributed by atoms with Crippen molar-refractivity contribution in [3.63, 3.8) is 0 Å². The maximum absolute atomic E-state index is 12.2. The smallest absolute Gasteiger partial charge is 0.489 e. The predicted molar refractivity (Wildman–Crippen MR) is 68.6 cm³/mol. The number of benzene rings is 2. The molecule has 0 saturated heterocycles.